The third kappa shape index (κ3) is 3.77. The molecule has 0 radical (unpaired) electrons. The van der Waals surface area contributed by atoms with E-state index in [0.29, 0.717) is 30.3 Å². The van der Waals surface area contributed by atoms with Gasteiger partial charge in [0.15, 0.2) is 0 Å². The molecule has 3 heterocycles. The molecule has 1 aliphatic heterocycles. The molecule has 0 spiro atoms. The van der Waals surface area contributed by atoms with Crippen LogP contribution >= 0.6 is 0 Å². The number of nitrogens with zero attached hydrogens (tertiary/aromatic N) is 3. The van der Waals surface area contributed by atoms with E-state index < -0.39 is 0 Å². The van der Waals surface area contributed by atoms with Gasteiger partial charge in [-0.1, -0.05) is 12.1 Å². The van der Waals surface area contributed by atoms with Crippen molar-refractivity contribution in [3.8, 4) is 5.75 Å². The maximum atomic E-state index is 13.0. The molecule has 1 aliphatic rings. The normalized spacial score (nSPS) is 16.8. The summed E-state index contributed by atoms with van der Waals surface area (Å²) in [6.07, 6.45) is 3.30. The number of ether oxygens (including phenoxy) is 1. The Morgan fingerprint density at radius 2 is 2.14 bits per heavy atom. The van der Waals surface area contributed by atoms with Crippen LogP contribution in [0.4, 0.5) is 11.5 Å². The van der Waals surface area contributed by atoms with E-state index >= 15 is 0 Å². The highest BCUT2D eigenvalue weighted by atomic mass is 16.5. The lowest BCUT2D eigenvalue weighted by Crippen LogP contribution is -2.41. The number of benzene rings is 1. The lowest BCUT2D eigenvalue weighted by molar-refractivity contribution is -0.120. The second kappa shape index (κ2) is 8.11. The summed E-state index contributed by atoms with van der Waals surface area (Å²) >= 11 is 0. The van der Waals surface area contributed by atoms with Gasteiger partial charge in [0.1, 0.15) is 23.7 Å². The number of rotatable bonds is 5. The van der Waals surface area contributed by atoms with E-state index in [0.717, 1.165) is 41.9 Å². The second-order valence-corrected chi connectivity index (χ2v) is 7.36. The van der Waals surface area contributed by atoms with Crippen LogP contribution in [0.3, 0.4) is 0 Å². The van der Waals surface area contributed by atoms with Gasteiger partial charge >= 0.3 is 0 Å². The first-order valence-electron chi connectivity index (χ1n) is 10.1. The first-order chi connectivity index (χ1) is 14.1. The number of nitrogens with one attached hydrogen (secondary N) is 1. The fourth-order valence-corrected chi connectivity index (χ4v) is 3.87. The first-order valence-corrected chi connectivity index (χ1v) is 10.1. The van der Waals surface area contributed by atoms with Gasteiger partial charge in [-0.25, -0.2) is 9.97 Å². The number of amides is 1. The van der Waals surface area contributed by atoms with Crippen LogP contribution < -0.4 is 15.0 Å². The molecule has 7 heteroatoms. The Balaban J connectivity index is 1.54. The van der Waals surface area contributed by atoms with Crippen molar-refractivity contribution in [1.29, 1.82) is 0 Å². The average Bonchev–Trinajstić information content (AvgIpc) is 3.03. The van der Waals surface area contributed by atoms with Crippen molar-refractivity contribution in [2.24, 2.45) is 5.92 Å². The summed E-state index contributed by atoms with van der Waals surface area (Å²) in [6.45, 7) is 7.90. The summed E-state index contributed by atoms with van der Waals surface area (Å²) in [4.78, 5) is 23.9. The third-order valence-corrected chi connectivity index (χ3v) is 5.48. The molecule has 0 bridgehead atoms. The van der Waals surface area contributed by atoms with Crippen LogP contribution in [-0.2, 0) is 4.79 Å². The molecule has 1 amide bonds. The van der Waals surface area contributed by atoms with Crippen molar-refractivity contribution >= 4 is 28.5 Å². The van der Waals surface area contributed by atoms with Crippen molar-refractivity contribution in [3.05, 3.63) is 41.9 Å². The summed E-state index contributed by atoms with van der Waals surface area (Å²) in [5, 5.41) is 3.99. The second-order valence-electron chi connectivity index (χ2n) is 7.36. The van der Waals surface area contributed by atoms with Crippen molar-refractivity contribution in [1.82, 2.24) is 9.97 Å². The molecular formula is C22H26N4O3. The summed E-state index contributed by atoms with van der Waals surface area (Å²) in [5.74, 6) is 2.26. The molecule has 1 aromatic carbocycles. The fraction of sp³-hybridized carbons (Fsp3) is 0.409. The molecule has 152 valence electrons. The Kier molecular flexibility index (Phi) is 5.38. The number of piperidine rings is 1. The highest BCUT2D eigenvalue weighted by Gasteiger charge is 2.29. The number of aromatic nitrogens is 2. The number of carbonyl (C=O) groups excluding carboxylic acids is 1. The molecule has 2 aromatic heterocycles. The smallest absolute Gasteiger partial charge is 0.231 e. The number of hydrogen-bond donors (Lipinski definition) is 1. The molecule has 1 unspecified atom stereocenters. The largest absolute Gasteiger partial charge is 0.492 e. The Hall–Kier alpha value is -3.09. The highest BCUT2D eigenvalue weighted by molar-refractivity contribution is 5.95. The fourth-order valence-electron chi connectivity index (χ4n) is 3.87. The molecule has 29 heavy (non-hydrogen) atoms. The number of hydrogen-bond acceptors (Lipinski definition) is 6. The lowest BCUT2D eigenvalue weighted by Gasteiger charge is -2.33. The van der Waals surface area contributed by atoms with E-state index in [1.807, 2.05) is 45.0 Å². The van der Waals surface area contributed by atoms with Gasteiger partial charge in [-0.05, 0) is 45.7 Å². The Morgan fingerprint density at radius 3 is 2.97 bits per heavy atom. The van der Waals surface area contributed by atoms with Crippen LogP contribution in [0.15, 0.2) is 35.0 Å². The SMILES string of the molecule is CCOc1ccccc1NC(=O)C1CCCN(c2ncnc3oc(C)c(C)c23)C1. The van der Waals surface area contributed by atoms with Gasteiger partial charge in [0.05, 0.1) is 23.6 Å². The third-order valence-electron chi connectivity index (χ3n) is 5.48. The molecule has 4 rings (SSSR count). The van der Waals surface area contributed by atoms with Crippen LogP contribution in [-0.4, -0.2) is 35.6 Å². The van der Waals surface area contributed by atoms with Crippen LogP contribution in [0.25, 0.3) is 11.1 Å². The number of para-hydroxylation sites is 2. The highest BCUT2D eigenvalue weighted by Crippen LogP contribution is 2.33. The van der Waals surface area contributed by atoms with Gasteiger partial charge in [0.2, 0.25) is 11.6 Å². The van der Waals surface area contributed by atoms with Crippen LogP contribution in [0.5, 0.6) is 5.75 Å². The topological polar surface area (TPSA) is 80.5 Å². The van der Waals surface area contributed by atoms with E-state index in [1.54, 1.807) is 0 Å². The number of aryl methyl sites for hydroxylation is 2. The zero-order valence-electron chi connectivity index (χ0n) is 17.1. The molecular weight excluding hydrogens is 368 g/mol. The number of furan rings is 1. The maximum absolute atomic E-state index is 13.0. The minimum Gasteiger partial charge on any atom is -0.492 e. The van der Waals surface area contributed by atoms with Crippen molar-refractivity contribution in [2.75, 3.05) is 29.9 Å². The molecule has 1 N–H and O–H groups in total. The van der Waals surface area contributed by atoms with Crippen LogP contribution in [0, 0.1) is 19.8 Å². The van der Waals surface area contributed by atoms with E-state index in [2.05, 4.69) is 20.2 Å². The van der Waals surface area contributed by atoms with Crippen molar-refractivity contribution in [2.45, 2.75) is 33.6 Å². The van der Waals surface area contributed by atoms with Gasteiger partial charge in [0, 0.05) is 18.7 Å². The Bertz CT molecular complexity index is 1030. The standard InChI is InChI=1S/C22H26N4O3/c1-4-28-18-10-6-5-9-17(18)25-21(27)16-8-7-11-26(12-16)20-19-14(2)15(3)29-22(19)24-13-23-20/h5-6,9-10,13,16H,4,7-8,11-12H2,1-3H3,(H,25,27). The molecule has 1 atom stereocenters. The van der Waals surface area contributed by atoms with Gasteiger partial charge in [-0.15, -0.1) is 0 Å². The summed E-state index contributed by atoms with van der Waals surface area (Å²) < 4.78 is 11.4. The Labute approximate surface area is 170 Å². The van der Waals surface area contributed by atoms with E-state index in [4.69, 9.17) is 9.15 Å². The Morgan fingerprint density at radius 1 is 1.31 bits per heavy atom. The zero-order valence-corrected chi connectivity index (χ0v) is 17.1. The molecule has 3 aromatic rings. The average molecular weight is 394 g/mol. The molecule has 0 aliphatic carbocycles. The number of fused-ring (bicyclic) bond motifs is 1. The maximum Gasteiger partial charge on any atom is 0.231 e. The predicted molar refractivity (Wildman–Crippen MR) is 112 cm³/mol. The minimum atomic E-state index is -0.128. The monoisotopic (exact) mass is 394 g/mol. The molecule has 0 saturated carbocycles. The minimum absolute atomic E-state index is 0.00671. The van der Waals surface area contributed by atoms with Gasteiger partial charge in [0.25, 0.3) is 0 Å². The van der Waals surface area contributed by atoms with E-state index in [-0.39, 0.29) is 11.8 Å². The van der Waals surface area contributed by atoms with E-state index in [9.17, 15) is 4.79 Å². The van der Waals surface area contributed by atoms with E-state index in [1.165, 1.54) is 6.33 Å². The van der Waals surface area contributed by atoms with Crippen molar-refractivity contribution < 1.29 is 13.9 Å². The number of carbonyl (C=O) groups is 1. The summed E-state index contributed by atoms with van der Waals surface area (Å²) in [7, 11) is 0. The van der Waals surface area contributed by atoms with Gasteiger partial charge in [-0.3, -0.25) is 4.79 Å². The zero-order chi connectivity index (χ0) is 20.4. The summed E-state index contributed by atoms with van der Waals surface area (Å²) in [5.41, 5.74) is 2.36. The van der Waals surface area contributed by atoms with Crippen LogP contribution in [0.1, 0.15) is 31.1 Å². The van der Waals surface area contributed by atoms with Gasteiger partial charge in [-0.2, -0.15) is 0 Å². The number of anilines is 2. The summed E-state index contributed by atoms with van der Waals surface area (Å²) in [6, 6.07) is 7.54. The first kappa shape index (κ1) is 19.2. The quantitative estimate of drug-likeness (QED) is 0.702. The lowest BCUT2D eigenvalue weighted by atomic mass is 9.96. The van der Waals surface area contributed by atoms with Gasteiger partial charge < -0.3 is 19.4 Å². The van der Waals surface area contributed by atoms with Crippen molar-refractivity contribution in [3.63, 3.8) is 0 Å². The molecule has 7 nitrogen and oxygen atoms in total. The molecule has 1 saturated heterocycles. The van der Waals surface area contributed by atoms with Crippen LogP contribution in [0.2, 0.25) is 0 Å². The molecule has 1 fully saturated rings. The predicted octanol–water partition coefficient (Wildman–Crippen LogP) is 4.09.